The van der Waals surface area contributed by atoms with Gasteiger partial charge in [-0.05, 0) is 74.8 Å². The number of hydrogen-bond donors (Lipinski definition) is 0. The Bertz CT molecular complexity index is 2560. The van der Waals surface area contributed by atoms with Gasteiger partial charge in [0.25, 0.3) is 0 Å². The fourth-order valence-corrected chi connectivity index (χ4v) is 7.37. The van der Waals surface area contributed by atoms with Gasteiger partial charge in [0, 0.05) is 28.8 Å². The maximum absolute atomic E-state index is 10.1. The molecule has 2 aromatic heterocycles. The van der Waals surface area contributed by atoms with Crippen molar-refractivity contribution in [3.8, 4) is 11.4 Å². The molecule has 0 amide bonds. The topological polar surface area (TPSA) is 53.6 Å². The molecule has 0 fully saturated rings. The molecular formula is C48H48Cl2Cu2I2LiN8O-3. The van der Waals surface area contributed by atoms with E-state index in [0.29, 0.717) is 0 Å². The molecular weight excluding hydrogens is 1160 g/mol. The van der Waals surface area contributed by atoms with Crippen LogP contribution < -0.4 is 101 Å². The van der Waals surface area contributed by atoms with Crippen LogP contribution in [0.2, 0.25) is 0 Å². The Morgan fingerprint density at radius 3 is 1.25 bits per heavy atom. The van der Waals surface area contributed by atoms with Crippen molar-refractivity contribution in [1.82, 2.24) is 9.13 Å². The number of aryl methyl sites for hydroxylation is 2. The summed E-state index contributed by atoms with van der Waals surface area (Å²) in [4.78, 5) is 8.65. The Labute approximate surface area is 449 Å². The Hall–Kier alpha value is -2.90. The van der Waals surface area contributed by atoms with E-state index in [1.807, 2.05) is 0 Å². The molecule has 0 saturated carbocycles. The standard InChI is InChI=1S/C22H20N4.C22H19N4.C4H9O.2ClH.2Cu.2HI.Li/c2*1-23-15-25(21-12-5-3-10-19(21)23)17-8-7-9-18(14-17)26-16-24(2)20-11-4-6-13-22(20)26;1-4(2,3)5;;;;;;;/h3-16H,1-2H3;3-13,15-16H,1-2H3;1-3H3;2*1H;;;2*1H;/q+2;-3;-1;;;2*+1;;;+1/p-4. The molecule has 2 aliphatic heterocycles. The van der Waals surface area contributed by atoms with Gasteiger partial charge in [-0.1, -0.05) is 75.4 Å². The molecule has 0 unspecified atom stereocenters. The molecule has 8 aromatic rings. The maximum Gasteiger partial charge on any atom is 1.00 e. The first-order valence-electron chi connectivity index (χ1n) is 19.3. The van der Waals surface area contributed by atoms with Gasteiger partial charge in [-0.25, -0.2) is 9.13 Å². The Kier molecular flexibility index (Phi) is 21.9. The number of halogens is 4. The first kappa shape index (κ1) is 55.4. The van der Waals surface area contributed by atoms with Crippen LogP contribution in [-0.4, -0.2) is 28.8 Å². The van der Waals surface area contributed by atoms with E-state index in [0.717, 1.165) is 22.7 Å². The molecule has 0 radical (unpaired) electrons. The van der Waals surface area contributed by atoms with Gasteiger partial charge >= 0.3 is 69.3 Å². The second kappa shape index (κ2) is 25.3. The smallest absolute Gasteiger partial charge is 1.00 e. The van der Waals surface area contributed by atoms with Gasteiger partial charge in [-0.3, -0.25) is 0 Å². The minimum absolute atomic E-state index is 0. The van der Waals surface area contributed by atoms with E-state index in [1.54, 1.807) is 20.8 Å². The van der Waals surface area contributed by atoms with Crippen LogP contribution in [0.1, 0.15) is 20.8 Å². The first-order valence-corrected chi connectivity index (χ1v) is 21.9. The van der Waals surface area contributed by atoms with Crippen LogP contribution in [-0.2, 0) is 44.3 Å². The monoisotopic (exact) mass is 1210 g/mol. The fourth-order valence-electron chi connectivity index (χ4n) is 7.37. The Morgan fingerprint density at radius 1 is 0.531 bits per heavy atom. The Balaban J connectivity index is 0.000000277. The van der Waals surface area contributed by atoms with Gasteiger partial charge in [0.15, 0.2) is 22.1 Å². The molecule has 4 heterocycles. The summed E-state index contributed by atoms with van der Waals surface area (Å²) in [5.74, 6) is 0. The van der Waals surface area contributed by atoms with E-state index < -0.39 is 5.60 Å². The van der Waals surface area contributed by atoms with E-state index in [9.17, 15) is 5.11 Å². The molecule has 0 saturated heterocycles. The van der Waals surface area contributed by atoms with Gasteiger partial charge in [-0.15, -0.1) is 35.2 Å². The molecule has 2 aliphatic rings. The number of anilines is 6. The summed E-state index contributed by atoms with van der Waals surface area (Å²) in [6, 6.07) is 52.3. The third-order valence-corrected chi connectivity index (χ3v) is 9.91. The summed E-state index contributed by atoms with van der Waals surface area (Å²) < 4.78 is 8.80. The minimum atomic E-state index is -0.750. The predicted octanol–water partition coefficient (Wildman–Crippen LogP) is 0.656. The van der Waals surface area contributed by atoms with Gasteiger partial charge < -0.3 is 72.7 Å². The van der Waals surface area contributed by atoms with Crippen molar-refractivity contribution < 1.29 is 111 Å². The van der Waals surface area contributed by atoms with Crippen molar-refractivity contribution in [3.63, 3.8) is 0 Å². The van der Waals surface area contributed by atoms with Crippen LogP contribution >= 0.6 is 20.2 Å². The number of imidazole rings is 2. The van der Waals surface area contributed by atoms with E-state index in [1.165, 1.54) is 44.8 Å². The maximum atomic E-state index is 10.1. The molecule has 0 spiro atoms. The number of fused-ring (bicyclic) bond motifs is 4. The predicted molar refractivity (Wildman–Crippen MR) is 242 cm³/mol. The average Bonchev–Trinajstić information content (AvgIpc) is 4.02. The first-order chi connectivity index (χ1) is 29.4. The van der Waals surface area contributed by atoms with Crippen molar-refractivity contribution in [1.29, 1.82) is 0 Å². The molecule has 16 heteroatoms. The normalized spacial score (nSPS) is 12.1. The molecule has 0 bridgehead atoms. The number of nitrogens with zero attached hydrogens (tertiary/aromatic N) is 8. The number of hydrogen-bond acceptors (Lipinski definition) is 5. The van der Waals surface area contributed by atoms with Crippen LogP contribution in [0.15, 0.2) is 152 Å². The van der Waals surface area contributed by atoms with Crippen LogP contribution in [0, 0.1) is 19.4 Å². The van der Waals surface area contributed by atoms with Crippen LogP contribution in [0.3, 0.4) is 0 Å². The number of benzene rings is 6. The summed E-state index contributed by atoms with van der Waals surface area (Å²) in [5, 5.41) is 10.1. The number of rotatable bonds is 4. The van der Waals surface area contributed by atoms with Gasteiger partial charge in [0.05, 0.1) is 14.1 Å². The summed E-state index contributed by atoms with van der Waals surface area (Å²) >= 11 is 7.32. The molecule has 340 valence electrons. The summed E-state index contributed by atoms with van der Waals surface area (Å²) in [5.41, 5.74) is 13.2. The quantitative estimate of drug-likeness (QED) is 0.112. The van der Waals surface area contributed by atoms with E-state index in [4.69, 9.17) is 0 Å². The minimum Gasteiger partial charge on any atom is -1.00 e. The van der Waals surface area contributed by atoms with E-state index >= 15 is 0 Å². The zero-order valence-electron chi connectivity index (χ0n) is 36.7. The number of aromatic nitrogens is 4. The van der Waals surface area contributed by atoms with Crippen LogP contribution in [0.25, 0.3) is 33.4 Å². The summed E-state index contributed by atoms with van der Waals surface area (Å²) in [7, 11) is 16.7. The zero-order chi connectivity index (χ0) is 43.8. The molecule has 0 aliphatic carbocycles. The summed E-state index contributed by atoms with van der Waals surface area (Å²) in [6.07, 6.45) is 4.27. The van der Waals surface area contributed by atoms with Crippen molar-refractivity contribution in [2.45, 2.75) is 26.4 Å². The third kappa shape index (κ3) is 12.7. The third-order valence-electron chi connectivity index (χ3n) is 9.91. The SMILES string of the molecule is CC(C)(C)[O-].CN1[CH-]N(c2[c-]c(N3[CH-]N(C)c4ccccc43)ccc2)c2ccccc21.C[n+]1cn(-c2cccc(-n3c[n+](C)c4ccccc43)c2)c2ccccc21.[Cl][Cu].[Cl][Cu].[I-].[I-].[Li+]. The largest absolute Gasteiger partial charge is 1.00 e. The van der Waals surface area contributed by atoms with E-state index in [-0.39, 0.29) is 66.8 Å². The van der Waals surface area contributed by atoms with E-state index in [2.05, 4.69) is 288 Å². The average molecular weight is 1210 g/mol. The number of para-hydroxylation sites is 8. The Morgan fingerprint density at radius 2 is 0.859 bits per heavy atom. The molecule has 10 rings (SSSR count). The summed E-state index contributed by atoms with van der Waals surface area (Å²) in [6.45, 7) is 9.11. The second-order valence-corrected chi connectivity index (χ2v) is 15.4. The van der Waals surface area contributed by atoms with Crippen molar-refractivity contribution >= 4 is 76.4 Å². The van der Waals surface area contributed by atoms with Gasteiger partial charge in [0.1, 0.15) is 11.4 Å². The van der Waals surface area contributed by atoms with Crippen molar-refractivity contribution in [3.05, 3.63) is 172 Å². The molecule has 9 nitrogen and oxygen atoms in total. The molecule has 64 heavy (non-hydrogen) atoms. The van der Waals surface area contributed by atoms with Crippen LogP contribution in [0.4, 0.5) is 34.1 Å². The van der Waals surface area contributed by atoms with Gasteiger partial charge in [-0.2, -0.15) is 28.5 Å². The fraction of sp³-hybridized carbons (Fsp3) is 0.167. The molecule has 0 atom stereocenters. The molecule has 0 N–H and O–H groups in total. The van der Waals surface area contributed by atoms with Crippen molar-refractivity contribution in [2.24, 2.45) is 14.1 Å². The zero-order valence-corrected chi connectivity index (χ0v) is 44.4. The van der Waals surface area contributed by atoms with Crippen LogP contribution in [0.5, 0.6) is 0 Å². The van der Waals surface area contributed by atoms with Gasteiger partial charge in [0.2, 0.25) is 12.7 Å². The van der Waals surface area contributed by atoms with Crippen molar-refractivity contribution in [2.75, 3.05) is 33.7 Å². The molecule has 6 aromatic carbocycles. The second-order valence-electron chi connectivity index (χ2n) is 15.4.